The van der Waals surface area contributed by atoms with Crippen LogP contribution >= 0.6 is 6.11 Å². The standard InChI is InChI=1S/C32H38NO3PSeSi/c1-32(2,3)39(4,5)34-22-25-14-10-11-21-33(25)37(38)35-28-19-17-23-12-6-8-15-26(23)30(28)31-27-16-9-7-13-24(27)18-20-29(31)36-37/h6-9,12-13,15-20,25H,10-11,14,21-22H2,1-5H3/t25-/m0/s1. The molecule has 1 fully saturated rings. The van der Waals surface area contributed by atoms with Gasteiger partial charge < -0.3 is 0 Å². The van der Waals surface area contributed by atoms with E-state index in [9.17, 15) is 0 Å². The van der Waals surface area contributed by atoms with Crippen LogP contribution in [-0.2, 0) is 4.43 Å². The van der Waals surface area contributed by atoms with Gasteiger partial charge in [0.15, 0.2) is 0 Å². The summed E-state index contributed by atoms with van der Waals surface area (Å²) in [5, 5.41) is 4.93. The van der Waals surface area contributed by atoms with Crippen LogP contribution in [-0.4, -0.2) is 47.3 Å². The van der Waals surface area contributed by atoms with Crippen LogP contribution in [0.4, 0.5) is 0 Å². The van der Waals surface area contributed by atoms with E-state index in [0.29, 0.717) is 6.61 Å². The Bertz CT molecular complexity index is 1510. The van der Waals surface area contributed by atoms with Crippen molar-refractivity contribution in [1.82, 2.24) is 4.67 Å². The van der Waals surface area contributed by atoms with E-state index >= 15 is 0 Å². The van der Waals surface area contributed by atoms with Gasteiger partial charge in [0, 0.05) is 0 Å². The SMILES string of the molecule is CC(C)(C)[Si](C)(C)OC[C@@H]1CCCCN1P1(=[Se])Oc2ccc3ccccc3c2-c2c(ccc3ccccc23)O1. The van der Waals surface area contributed by atoms with Crippen LogP contribution < -0.4 is 9.05 Å². The summed E-state index contributed by atoms with van der Waals surface area (Å²) in [6.07, 6.45) is 0.771. The fourth-order valence-corrected chi connectivity index (χ4v) is 11.0. The number of nitrogens with zero attached hydrogens (tertiary/aromatic N) is 1. The summed E-state index contributed by atoms with van der Waals surface area (Å²) in [5.41, 5.74) is 2.23. The van der Waals surface area contributed by atoms with E-state index in [1.807, 2.05) is 0 Å². The van der Waals surface area contributed by atoms with Crippen LogP contribution in [0.15, 0.2) is 72.8 Å². The van der Waals surface area contributed by atoms with Crippen LogP contribution in [0, 0.1) is 0 Å². The maximum absolute atomic E-state index is 7.07. The molecular formula is C32H38NO3PSeSi. The van der Waals surface area contributed by atoms with Gasteiger partial charge in [-0.1, -0.05) is 0 Å². The molecule has 4 aromatic rings. The zero-order valence-corrected chi connectivity index (χ0v) is 27.2. The first-order valence-corrected chi connectivity index (χ1v) is 20.7. The maximum atomic E-state index is 7.07. The zero-order chi connectivity index (χ0) is 27.4. The molecule has 2 aliphatic heterocycles. The van der Waals surface area contributed by atoms with E-state index in [1.54, 1.807) is 0 Å². The summed E-state index contributed by atoms with van der Waals surface area (Å²) in [5.74, 6) is 1.76. The second kappa shape index (κ2) is 10.2. The molecule has 0 saturated carbocycles. The minimum absolute atomic E-state index is 0.174. The fraction of sp³-hybridized carbons (Fsp3) is 0.375. The molecule has 1 atom stereocenters. The first-order valence-electron chi connectivity index (χ1n) is 14.0. The monoisotopic (exact) mass is 623 g/mol. The Morgan fingerprint density at radius 2 is 1.38 bits per heavy atom. The van der Waals surface area contributed by atoms with Crippen molar-refractivity contribution in [1.29, 1.82) is 0 Å². The number of rotatable bonds is 4. The molecule has 2 aliphatic rings. The van der Waals surface area contributed by atoms with Crippen LogP contribution in [0.5, 0.6) is 11.5 Å². The van der Waals surface area contributed by atoms with E-state index in [-0.39, 0.29) is 11.1 Å². The molecule has 4 aromatic carbocycles. The zero-order valence-electron chi connectivity index (χ0n) is 23.6. The molecule has 0 radical (unpaired) electrons. The van der Waals surface area contributed by atoms with Gasteiger partial charge in [-0.3, -0.25) is 0 Å². The van der Waals surface area contributed by atoms with E-state index in [4.69, 9.17) is 13.5 Å². The van der Waals surface area contributed by atoms with Crippen molar-refractivity contribution in [3.8, 4) is 22.6 Å². The van der Waals surface area contributed by atoms with E-state index in [2.05, 4.69) is 126 Å². The normalized spacial score (nSPS) is 19.6. The van der Waals surface area contributed by atoms with Gasteiger partial charge in [0.05, 0.1) is 0 Å². The number of piperidine rings is 1. The van der Waals surface area contributed by atoms with Crippen molar-refractivity contribution >= 4 is 51.1 Å². The molecule has 0 unspecified atom stereocenters. The Kier molecular flexibility index (Phi) is 7.11. The Labute approximate surface area is 241 Å². The Morgan fingerprint density at radius 1 is 0.846 bits per heavy atom. The van der Waals surface area contributed by atoms with Gasteiger partial charge in [0.25, 0.3) is 0 Å². The van der Waals surface area contributed by atoms with Gasteiger partial charge in [-0.25, -0.2) is 0 Å². The van der Waals surface area contributed by atoms with Crippen LogP contribution in [0.1, 0.15) is 40.0 Å². The molecule has 2 heterocycles. The van der Waals surface area contributed by atoms with Crippen LogP contribution in [0.25, 0.3) is 32.7 Å². The molecule has 4 nitrogen and oxygen atoms in total. The van der Waals surface area contributed by atoms with Gasteiger partial charge in [-0.15, -0.1) is 0 Å². The molecule has 0 spiro atoms. The topological polar surface area (TPSA) is 30.9 Å². The number of fused-ring (bicyclic) bond motifs is 7. The summed E-state index contributed by atoms with van der Waals surface area (Å²) in [7, 11) is -1.88. The third-order valence-electron chi connectivity index (χ3n) is 8.81. The molecule has 1 saturated heterocycles. The molecule has 0 amide bonds. The van der Waals surface area contributed by atoms with Crippen molar-refractivity contribution < 1.29 is 13.5 Å². The average Bonchev–Trinajstić information content (AvgIpc) is 3.05. The first kappa shape index (κ1) is 27.3. The second-order valence-electron chi connectivity index (χ2n) is 12.4. The summed E-state index contributed by atoms with van der Waals surface area (Å²) < 4.78 is 23.4. The fourth-order valence-electron chi connectivity index (χ4n) is 5.54. The molecule has 39 heavy (non-hydrogen) atoms. The number of benzene rings is 4. The van der Waals surface area contributed by atoms with Crippen molar-refractivity contribution in [3.05, 3.63) is 72.8 Å². The second-order valence-corrected chi connectivity index (χ2v) is 21.9. The number of hydrogen-bond acceptors (Lipinski definition) is 4. The molecule has 204 valence electrons. The van der Waals surface area contributed by atoms with Crippen molar-refractivity contribution in [3.63, 3.8) is 0 Å². The van der Waals surface area contributed by atoms with Crippen LogP contribution in [0.2, 0.25) is 18.1 Å². The third kappa shape index (κ3) is 4.94. The summed E-state index contributed by atoms with van der Waals surface area (Å²) in [6, 6.07) is 26.0. The third-order valence-corrected chi connectivity index (χ3v) is 17.6. The van der Waals surface area contributed by atoms with E-state index < -0.39 is 14.4 Å². The van der Waals surface area contributed by atoms with Gasteiger partial charge in [0.2, 0.25) is 0 Å². The molecule has 6 rings (SSSR count). The van der Waals surface area contributed by atoms with E-state index in [0.717, 1.165) is 42.0 Å². The number of hydrogen-bond donors (Lipinski definition) is 0. The van der Waals surface area contributed by atoms with Crippen LogP contribution in [0.3, 0.4) is 0 Å². The van der Waals surface area contributed by atoms with Gasteiger partial charge in [-0.05, 0) is 0 Å². The quantitative estimate of drug-likeness (QED) is 0.168. The molecule has 0 N–H and O–H groups in total. The average molecular weight is 623 g/mol. The molecular weight excluding hydrogens is 584 g/mol. The molecule has 7 heteroatoms. The predicted molar refractivity (Wildman–Crippen MR) is 168 cm³/mol. The van der Waals surface area contributed by atoms with E-state index in [1.165, 1.54) is 28.0 Å². The van der Waals surface area contributed by atoms with Gasteiger partial charge in [-0.2, -0.15) is 0 Å². The summed E-state index contributed by atoms with van der Waals surface area (Å²) in [4.78, 5) is 0. The first-order chi connectivity index (χ1) is 18.6. The van der Waals surface area contributed by atoms with Crippen molar-refractivity contribution in [2.24, 2.45) is 0 Å². The Morgan fingerprint density at radius 3 is 1.92 bits per heavy atom. The van der Waals surface area contributed by atoms with Crippen molar-refractivity contribution in [2.45, 2.75) is 64.2 Å². The summed E-state index contributed by atoms with van der Waals surface area (Å²) in [6.45, 7) is 13.2. The summed E-state index contributed by atoms with van der Waals surface area (Å²) >= 11 is 3.49. The van der Waals surface area contributed by atoms with Crippen molar-refractivity contribution in [2.75, 3.05) is 13.2 Å². The van der Waals surface area contributed by atoms with Gasteiger partial charge in [0.1, 0.15) is 0 Å². The Balaban J connectivity index is 1.48. The predicted octanol–water partition coefficient (Wildman–Crippen LogP) is 9.15. The Hall–Kier alpha value is -1.91. The molecule has 0 aromatic heterocycles. The van der Waals surface area contributed by atoms with Gasteiger partial charge >= 0.3 is 242 Å². The minimum atomic E-state index is -2.64. The molecule has 0 aliphatic carbocycles. The molecule has 0 bridgehead atoms.